The number of allylic oxidation sites excluding steroid dienone is 2. The third kappa shape index (κ3) is 2.13. The lowest BCUT2D eigenvalue weighted by molar-refractivity contribution is -0.118. The number of hydrogen-bond donors (Lipinski definition) is 0. The number of Topliss-reactive ketones (excluding diaryl/α,β-unsaturated/α-hetero) is 1. The van der Waals surface area contributed by atoms with E-state index in [1.165, 1.54) is 0 Å². The molecule has 1 amide bonds. The molecule has 0 aliphatic carbocycles. The highest BCUT2D eigenvalue weighted by molar-refractivity contribution is 6.04. The molecule has 0 atom stereocenters. The summed E-state index contributed by atoms with van der Waals surface area (Å²) in [6, 6.07) is 9.44. The lowest BCUT2D eigenvalue weighted by atomic mass is 9.98. The van der Waals surface area contributed by atoms with Crippen molar-refractivity contribution >= 4 is 17.4 Å². The van der Waals surface area contributed by atoms with Gasteiger partial charge in [-0.25, -0.2) is 0 Å². The molecule has 0 bridgehead atoms. The van der Waals surface area contributed by atoms with Gasteiger partial charge in [0.2, 0.25) is 5.91 Å². The quantitative estimate of drug-likeness (QED) is 0.781. The first-order valence-electron chi connectivity index (χ1n) is 5.70. The van der Waals surface area contributed by atoms with E-state index in [0.717, 1.165) is 17.0 Å². The van der Waals surface area contributed by atoms with Crippen LogP contribution in [-0.4, -0.2) is 11.7 Å². The van der Waals surface area contributed by atoms with E-state index in [9.17, 15) is 9.59 Å². The van der Waals surface area contributed by atoms with Crippen molar-refractivity contribution < 1.29 is 9.59 Å². The van der Waals surface area contributed by atoms with Crippen LogP contribution >= 0.6 is 0 Å². The van der Waals surface area contributed by atoms with E-state index >= 15 is 0 Å². The summed E-state index contributed by atoms with van der Waals surface area (Å²) in [6.45, 7) is 3.39. The van der Waals surface area contributed by atoms with Crippen molar-refractivity contribution in [2.45, 2.75) is 26.7 Å². The fourth-order valence-corrected chi connectivity index (χ4v) is 2.19. The SMILES string of the molecule is CC(=O)C1=C(C)N(c2ccccc2)C(=O)CC1. The molecule has 0 aromatic heterocycles. The molecule has 3 heteroatoms. The van der Waals surface area contributed by atoms with Crippen molar-refractivity contribution in [2.24, 2.45) is 0 Å². The molecular weight excluding hydrogens is 214 g/mol. The third-order valence-electron chi connectivity index (χ3n) is 3.05. The molecule has 0 N–H and O–H groups in total. The molecule has 1 aromatic rings. The first kappa shape index (κ1) is 11.6. The molecule has 1 aliphatic heterocycles. The predicted molar refractivity (Wildman–Crippen MR) is 66.5 cm³/mol. The molecule has 0 saturated carbocycles. The molecule has 2 rings (SSSR count). The maximum absolute atomic E-state index is 12.0. The van der Waals surface area contributed by atoms with E-state index in [2.05, 4.69) is 0 Å². The van der Waals surface area contributed by atoms with Crippen molar-refractivity contribution in [3.63, 3.8) is 0 Å². The van der Waals surface area contributed by atoms with Crippen molar-refractivity contribution in [1.82, 2.24) is 0 Å². The summed E-state index contributed by atoms with van der Waals surface area (Å²) < 4.78 is 0. The topological polar surface area (TPSA) is 37.4 Å². The van der Waals surface area contributed by atoms with Gasteiger partial charge >= 0.3 is 0 Å². The number of anilines is 1. The maximum atomic E-state index is 12.0. The zero-order valence-corrected chi connectivity index (χ0v) is 10.1. The fraction of sp³-hybridized carbons (Fsp3) is 0.286. The van der Waals surface area contributed by atoms with Gasteiger partial charge in [-0.2, -0.15) is 0 Å². The standard InChI is InChI=1S/C14H15NO2/c1-10-13(11(2)16)8-9-14(17)15(10)12-6-4-3-5-7-12/h3-7H,8-9H2,1-2H3. The summed E-state index contributed by atoms with van der Waals surface area (Å²) in [7, 11) is 0. The largest absolute Gasteiger partial charge is 0.295 e. The van der Waals surface area contributed by atoms with Crippen LogP contribution in [0.2, 0.25) is 0 Å². The average molecular weight is 229 g/mol. The van der Waals surface area contributed by atoms with Crippen LogP contribution in [0.4, 0.5) is 5.69 Å². The molecule has 0 spiro atoms. The highest BCUT2D eigenvalue weighted by Gasteiger charge is 2.26. The van der Waals surface area contributed by atoms with Crippen molar-refractivity contribution in [1.29, 1.82) is 0 Å². The average Bonchev–Trinajstić information content (AvgIpc) is 2.30. The van der Waals surface area contributed by atoms with Gasteiger partial charge in [-0.1, -0.05) is 18.2 Å². The van der Waals surface area contributed by atoms with Crippen molar-refractivity contribution in [3.05, 3.63) is 41.6 Å². The number of nitrogens with zero attached hydrogens (tertiary/aromatic N) is 1. The molecule has 0 radical (unpaired) electrons. The van der Waals surface area contributed by atoms with Crippen LogP contribution in [-0.2, 0) is 9.59 Å². The molecule has 3 nitrogen and oxygen atoms in total. The summed E-state index contributed by atoms with van der Waals surface area (Å²) >= 11 is 0. The van der Waals surface area contributed by atoms with Gasteiger partial charge in [0.25, 0.3) is 0 Å². The summed E-state index contributed by atoms with van der Waals surface area (Å²) in [5.74, 6) is 0.106. The summed E-state index contributed by atoms with van der Waals surface area (Å²) in [6.07, 6.45) is 0.963. The number of amides is 1. The first-order valence-corrected chi connectivity index (χ1v) is 5.70. The molecular formula is C14H15NO2. The Morgan fingerprint density at radius 1 is 1.18 bits per heavy atom. The van der Waals surface area contributed by atoms with Gasteiger partial charge in [0.15, 0.2) is 5.78 Å². The second-order valence-corrected chi connectivity index (χ2v) is 4.18. The van der Waals surface area contributed by atoms with Gasteiger partial charge in [0.05, 0.1) is 0 Å². The highest BCUT2D eigenvalue weighted by Crippen LogP contribution is 2.28. The molecule has 1 heterocycles. The van der Waals surface area contributed by atoms with E-state index in [4.69, 9.17) is 0 Å². The lowest BCUT2D eigenvalue weighted by Crippen LogP contribution is -2.34. The zero-order valence-electron chi connectivity index (χ0n) is 10.1. The van der Waals surface area contributed by atoms with Gasteiger partial charge in [0.1, 0.15) is 0 Å². The summed E-state index contributed by atoms with van der Waals surface area (Å²) in [5.41, 5.74) is 2.35. The molecule has 0 fully saturated rings. The predicted octanol–water partition coefficient (Wildman–Crippen LogP) is 2.68. The Balaban J connectivity index is 2.47. The normalized spacial score (nSPS) is 16.4. The van der Waals surface area contributed by atoms with Crippen LogP contribution in [0.3, 0.4) is 0 Å². The van der Waals surface area contributed by atoms with Crippen molar-refractivity contribution in [2.75, 3.05) is 4.90 Å². The van der Waals surface area contributed by atoms with Gasteiger partial charge in [-0.05, 0) is 32.4 Å². The minimum Gasteiger partial charge on any atom is -0.295 e. The monoisotopic (exact) mass is 229 g/mol. The molecule has 88 valence electrons. The first-order chi connectivity index (χ1) is 8.11. The number of para-hydroxylation sites is 1. The molecule has 17 heavy (non-hydrogen) atoms. The van der Waals surface area contributed by atoms with Crippen LogP contribution < -0.4 is 4.90 Å². The van der Waals surface area contributed by atoms with Crippen LogP contribution in [0.15, 0.2) is 41.6 Å². The van der Waals surface area contributed by atoms with E-state index in [-0.39, 0.29) is 11.7 Å². The number of benzene rings is 1. The van der Waals surface area contributed by atoms with Gasteiger partial charge in [-0.3, -0.25) is 14.5 Å². The van der Waals surface area contributed by atoms with Gasteiger partial charge in [-0.15, -0.1) is 0 Å². The number of carbonyl (C=O) groups is 2. The maximum Gasteiger partial charge on any atom is 0.231 e. The van der Waals surface area contributed by atoms with Crippen LogP contribution in [0.25, 0.3) is 0 Å². The minimum atomic E-state index is 0.0518. The fourth-order valence-electron chi connectivity index (χ4n) is 2.19. The van der Waals surface area contributed by atoms with Crippen molar-refractivity contribution in [3.8, 4) is 0 Å². The number of ketones is 1. The van der Waals surface area contributed by atoms with E-state index < -0.39 is 0 Å². The number of carbonyl (C=O) groups excluding carboxylic acids is 2. The van der Waals surface area contributed by atoms with Gasteiger partial charge < -0.3 is 0 Å². The van der Waals surface area contributed by atoms with Crippen LogP contribution in [0, 0.1) is 0 Å². The summed E-state index contributed by atoms with van der Waals surface area (Å²) in [4.78, 5) is 25.1. The van der Waals surface area contributed by atoms with Gasteiger partial charge in [0, 0.05) is 23.4 Å². The Hall–Kier alpha value is -1.90. The Morgan fingerprint density at radius 2 is 1.82 bits per heavy atom. The zero-order chi connectivity index (χ0) is 12.4. The lowest BCUT2D eigenvalue weighted by Gasteiger charge is -2.29. The smallest absolute Gasteiger partial charge is 0.231 e. The molecule has 1 aliphatic rings. The van der Waals surface area contributed by atoms with E-state index in [0.29, 0.717) is 12.8 Å². The Bertz CT molecular complexity index is 488. The van der Waals surface area contributed by atoms with Crippen LogP contribution in [0.1, 0.15) is 26.7 Å². The second kappa shape index (κ2) is 4.53. The summed E-state index contributed by atoms with van der Waals surface area (Å²) in [5, 5.41) is 0. The number of rotatable bonds is 2. The Morgan fingerprint density at radius 3 is 2.41 bits per heavy atom. The molecule has 0 saturated heterocycles. The third-order valence-corrected chi connectivity index (χ3v) is 3.05. The van der Waals surface area contributed by atoms with E-state index in [1.807, 2.05) is 37.3 Å². The van der Waals surface area contributed by atoms with E-state index in [1.54, 1.807) is 11.8 Å². The Labute approximate surface area is 101 Å². The minimum absolute atomic E-state index is 0.0518. The number of hydrogen-bond acceptors (Lipinski definition) is 2. The second-order valence-electron chi connectivity index (χ2n) is 4.18. The molecule has 1 aromatic carbocycles. The highest BCUT2D eigenvalue weighted by atomic mass is 16.2. The molecule has 0 unspecified atom stereocenters. The van der Waals surface area contributed by atoms with Crippen LogP contribution in [0.5, 0.6) is 0 Å². The Kier molecular flexibility index (Phi) is 3.09.